The molecule has 1 fully saturated rings. The molecule has 2 aromatic carbocycles. The van der Waals surface area contributed by atoms with Crippen LogP contribution in [0.5, 0.6) is 0 Å². The molecule has 0 bridgehead atoms. The van der Waals surface area contributed by atoms with Crippen LogP contribution in [0, 0.1) is 6.92 Å². The quantitative estimate of drug-likeness (QED) is 0.553. The Kier molecular flexibility index (Phi) is 7.40. The summed E-state index contributed by atoms with van der Waals surface area (Å²) in [5.74, 6) is -0.290. The Morgan fingerprint density at radius 2 is 1.71 bits per heavy atom. The van der Waals surface area contributed by atoms with Crippen LogP contribution in [0.3, 0.4) is 0 Å². The van der Waals surface area contributed by atoms with Crippen molar-refractivity contribution in [1.82, 2.24) is 15.2 Å². The summed E-state index contributed by atoms with van der Waals surface area (Å²) in [5.41, 5.74) is 3.23. The van der Waals surface area contributed by atoms with E-state index in [2.05, 4.69) is 10.3 Å². The fourth-order valence-electron chi connectivity index (χ4n) is 3.98. The van der Waals surface area contributed by atoms with Crippen LogP contribution in [-0.4, -0.2) is 54.5 Å². The molecule has 4 rings (SSSR count). The Hall–Kier alpha value is -4.20. The number of nitrogens with one attached hydrogen (secondary N) is 1. The van der Waals surface area contributed by atoms with Crippen molar-refractivity contribution >= 4 is 23.6 Å². The van der Waals surface area contributed by atoms with Crippen LogP contribution in [0.1, 0.15) is 48.6 Å². The van der Waals surface area contributed by atoms with Crippen LogP contribution >= 0.6 is 0 Å². The third-order valence-electron chi connectivity index (χ3n) is 5.96. The molecule has 0 spiro atoms. The highest BCUT2D eigenvalue weighted by atomic mass is 16.5. The summed E-state index contributed by atoms with van der Waals surface area (Å²) in [6.07, 6.45) is 2.31. The van der Waals surface area contributed by atoms with E-state index in [0.29, 0.717) is 36.7 Å². The second-order valence-electron chi connectivity index (χ2n) is 8.44. The molecule has 1 aliphatic rings. The van der Waals surface area contributed by atoms with Crippen molar-refractivity contribution < 1.29 is 19.1 Å². The minimum atomic E-state index is -0.541. The number of nitrogens with zero attached hydrogens (tertiary/aromatic N) is 3. The van der Waals surface area contributed by atoms with Gasteiger partial charge in [-0.3, -0.25) is 9.59 Å². The summed E-state index contributed by atoms with van der Waals surface area (Å²) in [7, 11) is 1.30. The predicted octanol–water partition coefficient (Wildman–Crippen LogP) is 3.42. The summed E-state index contributed by atoms with van der Waals surface area (Å²) in [5, 5.41) is 2.91. The highest BCUT2D eigenvalue weighted by Gasteiger charge is 2.26. The van der Waals surface area contributed by atoms with Crippen molar-refractivity contribution in [3.8, 4) is 0 Å². The molecular formula is C27H28N4O4. The van der Waals surface area contributed by atoms with Gasteiger partial charge in [-0.1, -0.05) is 42.0 Å². The maximum atomic E-state index is 13.2. The molecule has 0 radical (unpaired) electrons. The van der Waals surface area contributed by atoms with E-state index in [0.717, 1.165) is 18.5 Å². The highest BCUT2D eigenvalue weighted by molar-refractivity contribution is 6.05. The van der Waals surface area contributed by atoms with Crippen molar-refractivity contribution in [3.63, 3.8) is 0 Å². The lowest BCUT2D eigenvalue weighted by molar-refractivity contribution is 0.0588. The van der Waals surface area contributed by atoms with Crippen molar-refractivity contribution in [2.24, 2.45) is 0 Å². The van der Waals surface area contributed by atoms with Gasteiger partial charge < -0.3 is 19.9 Å². The zero-order valence-electron chi connectivity index (χ0n) is 19.9. The summed E-state index contributed by atoms with van der Waals surface area (Å²) < 4.78 is 4.82. The van der Waals surface area contributed by atoms with Crippen LogP contribution in [0.25, 0.3) is 0 Å². The Balaban J connectivity index is 1.40. The zero-order chi connectivity index (χ0) is 24.8. The first-order valence-electron chi connectivity index (χ1n) is 11.5. The van der Waals surface area contributed by atoms with Crippen molar-refractivity contribution in [2.45, 2.75) is 19.9 Å². The Bertz CT molecular complexity index is 1210. The van der Waals surface area contributed by atoms with E-state index in [9.17, 15) is 14.4 Å². The first-order valence-corrected chi connectivity index (χ1v) is 11.5. The van der Waals surface area contributed by atoms with Gasteiger partial charge in [0.2, 0.25) is 0 Å². The van der Waals surface area contributed by atoms with Gasteiger partial charge in [-0.25, -0.2) is 9.78 Å². The average Bonchev–Trinajstić information content (AvgIpc) is 2.92. The number of aromatic nitrogens is 1. The Morgan fingerprint density at radius 1 is 0.971 bits per heavy atom. The number of carbonyl (C=O) groups excluding carboxylic acids is 3. The van der Waals surface area contributed by atoms with Crippen LogP contribution in [0.2, 0.25) is 0 Å². The number of methoxy groups -OCH3 is 1. The molecule has 2 amide bonds. The number of hydrogen-bond acceptors (Lipinski definition) is 6. The number of esters is 1. The molecule has 0 unspecified atom stereocenters. The summed E-state index contributed by atoms with van der Waals surface area (Å²) in [6, 6.07) is 18.2. The second kappa shape index (κ2) is 10.8. The van der Waals surface area contributed by atoms with E-state index in [1.165, 1.54) is 12.7 Å². The molecule has 2 heterocycles. The van der Waals surface area contributed by atoms with Crippen molar-refractivity contribution in [1.29, 1.82) is 0 Å². The van der Waals surface area contributed by atoms with Gasteiger partial charge in [-0.2, -0.15) is 0 Å². The number of aryl methyl sites for hydroxylation is 1. The third kappa shape index (κ3) is 5.66. The Morgan fingerprint density at radius 3 is 2.40 bits per heavy atom. The van der Waals surface area contributed by atoms with E-state index in [4.69, 9.17) is 4.74 Å². The smallest absolute Gasteiger partial charge is 0.338 e. The number of anilines is 1. The molecule has 1 saturated heterocycles. The first kappa shape index (κ1) is 23.9. The molecule has 0 atom stereocenters. The largest absolute Gasteiger partial charge is 0.465 e. The van der Waals surface area contributed by atoms with Gasteiger partial charge in [0, 0.05) is 25.8 Å². The van der Waals surface area contributed by atoms with Gasteiger partial charge in [-0.05, 0) is 43.2 Å². The van der Waals surface area contributed by atoms with Gasteiger partial charge >= 0.3 is 5.97 Å². The average molecular weight is 473 g/mol. The van der Waals surface area contributed by atoms with E-state index in [-0.39, 0.29) is 17.4 Å². The fraction of sp³-hybridized carbons (Fsp3) is 0.259. The number of pyridine rings is 1. The molecule has 1 aliphatic heterocycles. The molecule has 8 nitrogen and oxygen atoms in total. The first-order chi connectivity index (χ1) is 17.0. The van der Waals surface area contributed by atoms with Crippen LogP contribution in [-0.2, 0) is 11.3 Å². The summed E-state index contributed by atoms with van der Waals surface area (Å²) in [6.45, 7) is 4.10. The highest BCUT2D eigenvalue weighted by Crippen LogP contribution is 2.20. The van der Waals surface area contributed by atoms with Crippen molar-refractivity contribution in [3.05, 3.63) is 94.7 Å². The number of rotatable bonds is 6. The summed E-state index contributed by atoms with van der Waals surface area (Å²) in [4.78, 5) is 45.9. The molecular weight excluding hydrogens is 444 g/mol. The number of ether oxygens (including phenoxy) is 1. The lowest BCUT2D eigenvalue weighted by Crippen LogP contribution is -2.48. The molecule has 0 aliphatic carbocycles. The molecule has 35 heavy (non-hydrogen) atoms. The van der Waals surface area contributed by atoms with E-state index < -0.39 is 5.97 Å². The van der Waals surface area contributed by atoms with Crippen LogP contribution < -0.4 is 10.2 Å². The lowest BCUT2D eigenvalue weighted by Gasteiger charge is -2.36. The molecule has 180 valence electrons. The lowest BCUT2D eigenvalue weighted by atomic mass is 10.1. The third-order valence-corrected chi connectivity index (χ3v) is 5.96. The van der Waals surface area contributed by atoms with Crippen LogP contribution in [0.4, 0.5) is 5.82 Å². The number of benzene rings is 2. The molecule has 3 aromatic rings. The van der Waals surface area contributed by atoms with Gasteiger partial charge in [0.05, 0.1) is 30.5 Å². The SMILES string of the molecule is COC(=O)c1ccccc1C(=O)N1CCCN(c2ccc(C(=O)NCc3ccc(C)cc3)cn2)C1. The van der Waals surface area contributed by atoms with E-state index >= 15 is 0 Å². The van der Waals surface area contributed by atoms with Gasteiger partial charge in [0.1, 0.15) is 5.82 Å². The Labute approximate surface area is 204 Å². The van der Waals surface area contributed by atoms with Gasteiger partial charge in [0.25, 0.3) is 11.8 Å². The standard InChI is InChI=1S/C27H28N4O4/c1-19-8-10-20(11-9-19)16-29-25(32)21-12-13-24(28-17-21)30-14-5-15-31(18-30)26(33)22-6-3-4-7-23(22)27(34)35-2/h3-4,6-13,17H,5,14-16,18H2,1-2H3,(H,29,32). The number of carbonyl (C=O) groups is 3. The van der Waals surface area contributed by atoms with Gasteiger partial charge in [-0.15, -0.1) is 0 Å². The predicted molar refractivity (Wildman–Crippen MR) is 132 cm³/mol. The molecule has 1 N–H and O–H groups in total. The fourth-order valence-corrected chi connectivity index (χ4v) is 3.98. The monoisotopic (exact) mass is 472 g/mol. The topological polar surface area (TPSA) is 91.8 Å². The minimum Gasteiger partial charge on any atom is -0.465 e. The van der Waals surface area contributed by atoms with Crippen LogP contribution in [0.15, 0.2) is 66.9 Å². The molecule has 8 heteroatoms. The minimum absolute atomic E-state index is 0.195. The van der Waals surface area contributed by atoms with Crippen molar-refractivity contribution in [2.75, 3.05) is 31.8 Å². The second-order valence-corrected chi connectivity index (χ2v) is 8.44. The molecule has 0 saturated carbocycles. The summed E-state index contributed by atoms with van der Waals surface area (Å²) >= 11 is 0. The molecule has 1 aromatic heterocycles. The maximum Gasteiger partial charge on any atom is 0.338 e. The number of amides is 2. The van der Waals surface area contributed by atoms with E-state index in [1.807, 2.05) is 36.1 Å². The maximum absolute atomic E-state index is 13.2. The van der Waals surface area contributed by atoms with Gasteiger partial charge in [0.15, 0.2) is 0 Å². The van der Waals surface area contributed by atoms with E-state index in [1.54, 1.807) is 47.5 Å². The normalized spacial score (nSPS) is 13.3. The number of hydrogen-bond donors (Lipinski definition) is 1. The zero-order valence-corrected chi connectivity index (χ0v) is 19.9.